The molecule has 66 heavy (non-hydrogen) atoms. The first-order chi connectivity index (χ1) is 32.1. The van der Waals surface area contributed by atoms with Gasteiger partial charge in [0.2, 0.25) is 0 Å². The first-order valence-electron chi connectivity index (χ1n) is 27.7. The van der Waals surface area contributed by atoms with E-state index in [0.29, 0.717) is 17.4 Å². The van der Waals surface area contributed by atoms with Crippen molar-refractivity contribution in [3.8, 4) is 0 Å². The molecule has 0 aliphatic heterocycles. The number of carbonyl (C=O) groups excluding carboxylic acids is 2. The third-order valence-electron chi connectivity index (χ3n) is 12.1. The highest BCUT2D eigenvalue weighted by molar-refractivity contribution is 5.71. The van der Waals surface area contributed by atoms with Crippen LogP contribution in [0.4, 0.5) is 0 Å². The molecule has 1 N–H and O–H groups in total. The summed E-state index contributed by atoms with van der Waals surface area (Å²) < 4.78 is 22.8. The molecule has 0 rings (SSSR count). The Morgan fingerprint density at radius 2 is 0.818 bits per heavy atom. The lowest BCUT2D eigenvalue weighted by Gasteiger charge is -2.25. The Hall–Kier alpha value is -2.49. The molecule has 0 aromatic carbocycles. The van der Waals surface area contributed by atoms with E-state index < -0.39 is 24.3 Å². The summed E-state index contributed by atoms with van der Waals surface area (Å²) >= 11 is 0. The molecule has 0 saturated carbocycles. The van der Waals surface area contributed by atoms with E-state index in [0.717, 1.165) is 51.4 Å². The van der Waals surface area contributed by atoms with E-state index in [9.17, 15) is 19.5 Å². The van der Waals surface area contributed by atoms with Crippen LogP contribution < -0.4 is 0 Å². The summed E-state index contributed by atoms with van der Waals surface area (Å²) in [4.78, 5) is 37.2. The summed E-state index contributed by atoms with van der Waals surface area (Å²) in [5, 5.41) is 9.66. The number of esters is 2. The first-order valence-corrected chi connectivity index (χ1v) is 27.7. The van der Waals surface area contributed by atoms with Gasteiger partial charge in [0, 0.05) is 12.8 Å². The van der Waals surface area contributed by atoms with Crippen molar-refractivity contribution in [1.82, 2.24) is 0 Å². The number of unbranched alkanes of at least 4 members (excludes halogenated alkanes) is 30. The zero-order valence-corrected chi connectivity index (χ0v) is 43.9. The Kier molecular flexibility index (Phi) is 47.1. The van der Waals surface area contributed by atoms with Gasteiger partial charge in [-0.3, -0.25) is 9.59 Å². The number of quaternary nitrogens is 1. The van der Waals surface area contributed by atoms with Crippen LogP contribution in [0.5, 0.6) is 0 Å². The van der Waals surface area contributed by atoms with E-state index >= 15 is 0 Å². The van der Waals surface area contributed by atoms with Crippen molar-refractivity contribution in [3.63, 3.8) is 0 Å². The van der Waals surface area contributed by atoms with Crippen molar-refractivity contribution in [2.75, 3.05) is 47.5 Å². The molecular formula is C57H106NO8+. The molecule has 0 saturated heterocycles. The summed E-state index contributed by atoms with van der Waals surface area (Å²) in [6.45, 7) is 4.87. The molecule has 0 aromatic rings. The van der Waals surface area contributed by atoms with Gasteiger partial charge in [-0.05, 0) is 51.4 Å². The van der Waals surface area contributed by atoms with Gasteiger partial charge in [-0.25, -0.2) is 4.79 Å². The molecule has 9 nitrogen and oxygen atoms in total. The lowest BCUT2D eigenvalue weighted by Crippen LogP contribution is -2.40. The molecule has 0 aromatic heterocycles. The highest BCUT2D eigenvalue weighted by atomic mass is 16.7. The zero-order valence-electron chi connectivity index (χ0n) is 43.9. The first kappa shape index (κ1) is 63.5. The molecule has 0 heterocycles. The minimum Gasteiger partial charge on any atom is -0.477 e. The van der Waals surface area contributed by atoms with Crippen molar-refractivity contribution in [2.24, 2.45) is 0 Å². The van der Waals surface area contributed by atoms with Crippen molar-refractivity contribution in [1.29, 1.82) is 0 Å². The summed E-state index contributed by atoms with van der Waals surface area (Å²) in [5.41, 5.74) is 0. The summed E-state index contributed by atoms with van der Waals surface area (Å²) in [6.07, 6.45) is 55.2. The molecule has 0 fully saturated rings. The number of carboxylic acids is 1. The molecule has 0 radical (unpaired) electrons. The number of carbonyl (C=O) groups is 3. The molecule has 9 heteroatoms. The predicted molar refractivity (Wildman–Crippen MR) is 277 cm³/mol. The number of carboxylic acid groups (broad SMARTS) is 1. The van der Waals surface area contributed by atoms with Crippen LogP contribution >= 0.6 is 0 Å². The van der Waals surface area contributed by atoms with E-state index in [1.54, 1.807) is 0 Å². The number of hydrogen-bond donors (Lipinski definition) is 1. The predicted octanol–water partition coefficient (Wildman–Crippen LogP) is 15.7. The van der Waals surface area contributed by atoms with Gasteiger partial charge in [-0.2, -0.15) is 0 Å². The minimum atomic E-state index is -1.51. The Labute approximate surface area is 407 Å². The van der Waals surface area contributed by atoms with Gasteiger partial charge in [-0.1, -0.05) is 224 Å². The maximum absolute atomic E-state index is 12.8. The molecule has 386 valence electrons. The highest BCUT2D eigenvalue weighted by Gasteiger charge is 2.25. The van der Waals surface area contributed by atoms with Crippen LogP contribution in [0, 0.1) is 0 Å². The standard InChI is InChI=1S/C57H105NO8/c1-6-8-10-12-14-16-18-19-20-21-22-23-24-25-26-27-28-29-30-31-32-33-34-35-36-37-38-40-42-44-46-48-55(60)66-53(52-65-57(56(61)62)63-50-49-58(3,4)5)51-64-54(59)47-45-43-41-39-17-15-13-11-9-7-2/h18-19,21-22,24-25,53,57H,6-17,20,23,26-52H2,1-5H3/p+1/b19-18-,22-21-,25-24-. The maximum Gasteiger partial charge on any atom is 0.361 e. The highest BCUT2D eigenvalue weighted by Crippen LogP contribution is 2.16. The van der Waals surface area contributed by atoms with E-state index in [1.807, 2.05) is 21.1 Å². The molecule has 0 spiro atoms. The summed E-state index contributed by atoms with van der Waals surface area (Å²) in [7, 11) is 5.96. The molecule has 0 bridgehead atoms. The minimum absolute atomic E-state index is 0.178. The molecule has 0 aliphatic rings. The van der Waals surface area contributed by atoms with Gasteiger partial charge < -0.3 is 28.5 Å². The van der Waals surface area contributed by atoms with Gasteiger partial charge in [0.25, 0.3) is 6.29 Å². The SMILES string of the molecule is CCCCCCC/C=C\C/C=C\C/C=C\CCCCCCCCCCCCCCCCCCC(=O)OC(COC(=O)CCCCCCCCCCCC)COC(OCC[N+](C)(C)C)C(=O)O. The fourth-order valence-corrected chi connectivity index (χ4v) is 7.84. The molecular weight excluding hydrogens is 827 g/mol. The van der Waals surface area contributed by atoms with Crippen molar-refractivity contribution < 1.29 is 42.9 Å². The largest absolute Gasteiger partial charge is 0.477 e. The molecule has 0 aliphatic carbocycles. The number of nitrogens with zero attached hydrogens (tertiary/aromatic N) is 1. The van der Waals surface area contributed by atoms with Gasteiger partial charge in [0.15, 0.2) is 6.10 Å². The number of allylic oxidation sites excluding steroid dienone is 6. The fourth-order valence-electron chi connectivity index (χ4n) is 7.84. The van der Waals surface area contributed by atoms with Crippen LogP contribution in [-0.2, 0) is 33.3 Å². The van der Waals surface area contributed by atoms with Gasteiger partial charge >= 0.3 is 17.9 Å². The number of likely N-dealkylation sites (N-methyl/N-ethyl adjacent to an activating group) is 1. The quantitative estimate of drug-likeness (QED) is 0.0211. The van der Waals surface area contributed by atoms with Gasteiger partial charge in [0.05, 0.1) is 34.4 Å². The van der Waals surface area contributed by atoms with Crippen LogP contribution in [0.25, 0.3) is 0 Å². The number of hydrogen-bond acceptors (Lipinski definition) is 7. The van der Waals surface area contributed by atoms with Crippen molar-refractivity contribution in [3.05, 3.63) is 36.5 Å². The molecule has 2 atom stereocenters. The number of aliphatic carboxylic acids is 1. The molecule has 0 amide bonds. The third kappa shape index (κ3) is 49.4. The smallest absolute Gasteiger partial charge is 0.361 e. The summed E-state index contributed by atoms with van der Waals surface area (Å²) in [5.74, 6) is -2.00. The second kappa shape index (κ2) is 48.9. The normalized spacial score (nSPS) is 13.0. The van der Waals surface area contributed by atoms with E-state index in [2.05, 4.69) is 50.3 Å². The Morgan fingerprint density at radius 1 is 0.455 bits per heavy atom. The Morgan fingerprint density at radius 3 is 1.21 bits per heavy atom. The lowest BCUT2D eigenvalue weighted by molar-refractivity contribution is -0.870. The summed E-state index contributed by atoms with van der Waals surface area (Å²) in [6, 6.07) is 0. The van der Waals surface area contributed by atoms with Gasteiger partial charge in [-0.15, -0.1) is 0 Å². The number of ether oxygens (including phenoxy) is 4. The van der Waals surface area contributed by atoms with Crippen LogP contribution in [-0.4, -0.2) is 87.4 Å². The van der Waals surface area contributed by atoms with Crippen LogP contribution in [0.2, 0.25) is 0 Å². The molecule has 2 unspecified atom stereocenters. The van der Waals surface area contributed by atoms with Crippen LogP contribution in [0.15, 0.2) is 36.5 Å². The van der Waals surface area contributed by atoms with Crippen LogP contribution in [0.1, 0.15) is 251 Å². The van der Waals surface area contributed by atoms with Crippen molar-refractivity contribution >= 4 is 17.9 Å². The third-order valence-corrected chi connectivity index (χ3v) is 12.1. The second-order valence-electron chi connectivity index (χ2n) is 19.9. The second-order valence-corrected chi connectivity index (χ2v) is 19.9. The average molecular weight is 933 g/mol. The number of rotatable bonds is 51. The zero-order chi connectivity index (χ0) is 48.4. The average Bonchev–Trinajstić information content (AvgIpc) is 3.28. The topological polar surface area (TPSA) is 108 Å². The van der Waals surface area contributed by atoms with Crippen molar-refractivity contribution in [2.45, 2.75) is 264 Å². The monoisotopic (exact) mass is 933 g/mol. The maximum atomic E-state index is 12.8. The lowest BCUT2D eigenvalue weighted by atomic mass is 10.0. The van der Waals surface area contributed by atoms with E-state index in [4.69, 9.17) is 18.9 Å². The van der Waals surface area contributed by atoms with E-state index in [-0.39, 0.29) is 32.2 Å². The van der Waals surface area contributed by atoms with Crippen LogP contribution in [0.3, 0.4) is 0 Å². The fraction of sp³-hybridized carbons (Fsp3) is 0.842. The van der Waals surface area contributed by atoms with Gasteiger partial charge in [0.1, 0.15) is 13.2 Å². The Bertz CT molecular complexity index is 1180. The Balaban J connectivity index is 4.07. The van der Waals surface area contributed by atoms with E-state index in [1.165, 1.54) is 173 Å².